The summed E-state index contributed by atoms with van der Waals surface area (Å²) >= 11 is 0. The van der Waals surface area contributed by atoms with Crippen LogP contribution in [0.5, 0.6) is 0 Å². The van der Waals surface area contributed by atoms with Crippen molar-refractivity contribution in [3.05, 3.63) is 32.9 Å². The highest BCUT2D eigenvalue weighted by molar-refractivity contribution is 5.33. The van der Waals surface area contributed by atoms with E-state index >= 15 is 0 Å². The molecule has 0 aliphatic heterocycles. The van der Waals surface area contributed by atoms with Gasteiger partial charge in [0.1, 0.15) is 6.20 Å². The van der Waals surface area contributed by atoms with Gasteiger partial charge in [-0.05, 0) is 13.8 Å². The minimum atomic E-state index is -0.445. The van der Waals surface area contributed by atoms with E-state index in [-0.39, 0.29) is 5.69 Å². The van der Waals surface area contributed by atoms with Gasteiger partial charge in [-0.3, -0.25) is 10.1 Å². The fourth-order valence-corrected chi connectivity index (χ4v) is 1.05. The predicted octanol–water partition coefficient (Wildman–Crippen LogP) is 0.591. The summed E-state index contributed by atoms with van der Waals surface area (Å²) in [5.74, 6) is 0. The second-order valence-electron chi connectivity index (χ2n) is 2.50. The number of pyridine rings is 1. The molecule has 0 atom stereocenters. The van der Waals surface area contributed by atoms with Crippen LogP contribution in [-0.4, -0.2) is 9.91 Å². The largest absolute Gasteiger partial charge is 0.288 e. The van der Waals surface area contributed by atoms with Crippen LogP contribution in [0.2, 0.25) is 0 Å². The molecule has 13 heavy (non-hydrogen) atoms. The summed E-state index contributed by atoms with van der Waals surface area (Å²) in [6.07, 6.45) is 4.89. The van der Waals surface area contributed by atoms with Crippen LogP contribution in [0.1, 0.15) is 13.8 Å². The third-order valence-electron chi connectivity index (χ3n) is 1.73. The van der Waals surface area contributed by atoms with Crippen LogP contribution >= 0.6 is 0 Å². The number of nitrogens with zero attached hydrogens (tertiary/aromatic N) is 2. The van der Waals surface area contributed by atoms with Crippen molar-refractivity contribution in [2.75, 3.05) is 0 Å². The molecule has 1 aromatic heterocycles. The minimum Gasteiger partial charge on any atom is -0.258 e. The molecule has 0 fully saturated rings. The van der Waals surface area contributed by atoms with Crippen LogP contribution in [0.4, 0.5) is 5.69 Å². The van der Waals surface area contributed by atoms with Crippen LogP contribution in [0.25, 0.3) is 12.2 Å². The summed E-state index contributed by atoms with van der Waals surface area (Å²) in [5, 5.41) is 12.0. The van der Waals surface area contributed by atoms with E-state index in [2.05, 4.69) is 4.98 Å². The SMILES string of the molecule is C/C=c1/cc([N+](=O)[O-])cn/c1=C/C. The molecule has 0 aliphatic carbocycles. The zero-order valence-corrected chi connectivity index (χ0v) is 7.52. The third-order valence-corrected chi connectivity index (χ3v) is 1.73. The minimum absolute atomic E-state index is 0.0266. The lowest BCUT2D eigenvalue weighted by Crippen LogP contribution is -2.27. The molecule has 0 saturated carbocycles. The molecule has 1 rings (SSSR count). The molecule has 0 radical (unpaired) electrons. The first-order valence-corrected chi connectivity index (χ1v) is 3.92. The lowest BCUT2D eigenvalue weighted by atomic mass is 10.3. The molecule has 0 saturated heterocycles. The van der Waals surface area contributed by atoms with Gasteiger partial charge in [0.15, 0.2) is 0 Å². The van der Waals surface area contributed by atoms with Gasteiger partial charge in [-0.2, -0.15) is 0 Å². The zero-order valence-electron chi connectivity index (χ0n) is 7.52. The summed E-state index contributed by atoms with van der Waals surface area (Å²) in [4.78, 5) is 13.9. The number of aromatic nitrogens is 1. The highest BCUT2D eigenvalue weighted by atomic mass is 16.6. The Labute approximate surface area is 75.4 Å². The quantitative estimate of drug-likeness (QED) is 0.467. The molecule has 0 aromatic carbocycles. The van der Waals surface area contributed by atoms with E-state index < -0.39 is 4.92 Å². The average Bonchev–Trinajstić information content (AvgIpc) is 2.16. The Kier molecular flexibility index (Phi) is 2.74. The van der Waals surface area contributed by atoms with E-state index in [4.69, 9.17) is 0 Å². The molecule has 68 valence electrons. The number of nitro groups is 1. The lowest BCUT2D eigenvalue weighted by Gasteiger charge is -1.90. The number of hydrogen-bond acceptors (Lipinski definition) is 3. The summed E-state index contributed by atoms with van der Waals surface area (Å²) in [6, 6.07) is 1.52. The molecule has 4 nitrogen and oxygen atoms in total. The molecular weight excluding hydrogens is 168 g/mol. The second-order valence-corrected chi connectivity index (χ2v) is 2.50. The maximum atomic E-state index is 10.4. The highest BCUT2D eigenvalue weighted by Gasteiger charge is 2.03. The average molecular weight is 178 g/mol. The van der Waals surface area contributed by atoms with Gasteiger partial charge in [0.25, 0.3) is 5.69 Å². The summed E-state index contributed by atoms with van der Waals surface area (Å²) < 4.78 is 0. The van der Waals surface area contributed by atoms with Gasteiger partial charge >= 0.3 is 0 Å². The molecule has 0 aliphatic rings. The molecule has 0 N–H and O–H groups in total. The van der Waals surface area contributed by atoms with Crippen LogP contribution in [0.15, 0.2) is 12.3 Å². The van der Waals surface area contributed by atoms with Crippen LogP contribution in [0, 0.1) is 10.1 Å². The van der Waals surface area contributed by atoms with Gasteiger partial charge < -0.3 is 0 Å². The monoisotopic (exact) mass is 178 g/mol. The molecular formula is C9H10N2O2. The first kappa shape index (κ1) is 9.38. The second kappa shape index (κ2) is 3.80. The number of hydrogen-bond donors (Lipinski definition) is 0. The summed E-state index contributed by atoms with van der Waals surface area (Å²) in [5.41, 5.74) is 0.0266. The van der Waals surface area contributed by atoms with Crippen LogP contribution in [0.3, 0.4) is 0 Å². The van der Waals surface area contributed by atoms with Gasteiger partial charge in [0.05, 0.1) is 10.3 Å². The maximum absolute atomic E-state index is 10.4. The molecule has 1 aromatic rings. The Morgan fingerprint density at radius 2 is 2.15 bits per heavy atom. The van der Waals surface area contributed by atoms with Crippen molar-refractivity contribution in [1.29, 1.82) is 0 Å². The van der Waals surface area contributed by atoms with Crippen molar-refractivity contribution in [1.82, 2.24) is 4.98 Å². The zero-order chi connectivity index (χ0) is 9.84. The van der Waals surface area contributed by atoms with Crippen molar-refractivity contribution in [3.8, 4) is 0 Å². The standard InChI is InChI=1S/C9H10N2O2/c1-3-7-5-8(11(12)13)6-10-9(7)4-2/h3-6H,1-2H3/b7-3-,9-4+. The predicted molar refractivity (Wildman–Crippen MR) is 50.4 cm³/mol. The summed E-state index contributed by atoms with van der Waals surface area (Å²) in [6.45, 7) is 3.68. The van der Waals surface area contributed by atoms with Crippen molar-refractivity contribution < 1.29 is 4.92 Å². The highest BCUT2D eigenvalue weighted by Crippen LogP contribution is 2.01. The Hall–Kier alpha value is -1.71. The normalized spacial score (nSPS) is 13.4. The topological polar surface area (TPSA) is 56.0 Å². The van der Waals surface area contributed by atoms with E-state index in [0.717, 1.165) is 10.6 Å². The van der Waals surface area contributed by atoms with Gasteiger partial charge in [-0.1, -0.05) is 12.2 Å². The third kappa shape index (κ3) is 1.90. The van der Waals surface area contributed by atoms with E-state index in [9.17, 15) is 10.1 Å². The molecule has 0 bridgehead atoms. The van der Waals surface area contributed by atoms with Crippen molar-refractivity contribution in [2.45, 2.75) is 13.8 Å². The van der Waals surface area contributed by atoms with E-state index in [0.29, 0.717) is 0 Å². The molecule has 1 heterocycles. The maximum Gasteiger partial charge on any atom is 0.288 e. The van der Waals surface area contributed by atoms with Gasteiger partial charge in [-0.25, -0.2) is 4.98 Å². The molecule has 0 unspecified atom stereocenters. The lowest BCUT2D eigenvalue weighted by molar-refractivity contribution is -0.385. The number of rotatable bonds is 1. The van der Waals surface area contributed by atoms with Crippen molar-refractivity contribution >= 4 is 17.8 Å². The molecule has 0 spiro atoms. The van der Waals surface area contributed by atoms with Gasteiger partial charge in [0.2, 0.25) is 0 Å². The fourth-order valence-electron chi connectivity index (χ4n) is 1.05. The first-order chi connectivity index (χ1) is 6.19. The summed E-state index contributed by atoms with van der Waals surface area (Å²) in [7, 11) is 0. The van der Waals surface area contributed by atoms with Crippen LogP contribution in [-0.2, 0) is 0 Å². The van der Waals surface area contributed by atoms with E-state index in [1.807, 2.05) is 19.9 Å². The fraction of sp³-hybridized carbons (Fsp3) is 0.222. The smallest absolute Gasteiger partial charge is 0.258 e. The van der Waals surface area contributed by atoms with Crippen molar-refractivity contribution in [3.63, 3.8) is 0 Å². The van der Waals surface area contributed by atoms with E-state index in [1.165, 1.54) is 12.3 Å². The molecule has 4 heteroatoms. The Bertz CT molecular complexity index is 437. The Morgan fingerprint density at radius 3 is 2.62 bits per heavy atom. The van der Waals surface area contributed by atoms with Gasteiger partial charge in [0, 0.05) is 11.3 Å². The Balaban J connectivity index is 3.49. The van der Waals surface area contributed by atoms with E-state index in [1.54, 1.807) is 6.08 Å². The molecule has 0 amide bonds. The first-order valence-electron chi connectivity index (χ1n) is 3.92. The van der Waals surface area contributed by atoms with Gasteiger partial charge in [-0.15, -0.1) is 0 Å². The van der Waals surface area contributed by atoms with Crippen molar-refractivity contribution in [2.24, 2.45) is 0 Å². The van der Waals surface area contributed by atoms with Crippen LogP contribution < -0.4 is 10.6 Å². The Morgan fingerprint density at radius 1 is 1.46 bits per heavy atom.